The van der Waals surface area contributed by atoms with Crippen molar-refractivity contribution < 1.29 is 14.3 Å². The second kappa shape index (κ2) is 7.62. The molecule has 21 heavy (non-hydrogen) atoms. The van der Waals surface area contributed by atoms with E-state index < -0.39 is 5.97 Å². The fourth-order valence-corrected chi connectivity index (χ4v) is 2.45. The van der Waals surface area contributed by atoms with Crippen molar-refractivity contribution in [2.45, 2.75) is 32.1 Å². The lowest BCUT2D eigenvalue weighted by atomic mass is 9.97. The molecule has 1 aromatic carbocycles. The monoisotopic (exact) mass is 287 g/mol. The Morgan fingerprint density at radius 3 is 2.48 bits per heavy atom. The number of methoxy groups -OCH3 is 1. The van der Waals surface area contributed by atoms with E-state index in [1.807, 2.05) is 0 Å². The number of ether oxygens (including phenoxy) is 1. The smallest absolute Gasteiger partial charge is 0.337 e. The fraction of sp³-hybridized carbons (Fsp3) is 0.412. The van der Waals surface area contributed by atoms with Crippen LogP contribution in [0.25, 0.3) is 0 Å². The van der Waals surface area contributed by atoms with Crippen LogP contribution >= 0.6 is 0 Å². The van der Waals surface area contributed by atoms with Gasteiger partial charge >= 0.3 is 5.97 Å². The maximum atomic E-state index is 12.0. The molecule has 4 heteroatoms. The molecule has 0 aromatic heterocycles. The minimum absolute atomic E-state index is 0.108. The molecule has 1 aromatic rings. The standard InChI is InChI=1S/C17H21NO3/c1-21-17(20)15-9-7-14(8-10-15)16(19)18-12-11-13-5-3-2-4-6-13/h5,7-10H,2-4,6,11-12H2,1H3,(H,18,19). The second-order valence-electron chi connectivity index (χ2n) is 5.18. The van der Waals surface area contributed by atoms with Gasteiger partial charge in [0.05, 0.1) is 12.7 Å². The molecule has 0 fully saturated rings. The lowest BCUT2D eigenvalue weighted by molar-refractivity contribution is 0.0600. The van der Waals surface area contributed by atoms with Crippen LogP contribution in [0, 0.1) is 0 Å². The molecule has 0 aliphatic heterocycles. The number of carbonyl (C=O) groups is 2. The topological polar surface area (TPSA) is 55.4 Å². The van der Waals surface area contributed by atoms with Crippen LogP contribution in [-0.4, -0.2) is 25.5 Å². The Kier molecular flexibility index (Phi) is 5.55. The first-order chi connectivity index (χ1) is 10.2. The molecule has 0 spiro atoms. The second-order valence-corrected chi connectivity index (χ2v) is 5.18. The molecule has 112 valence electrons. The van der Waals surface area contributed by atoms with E-state index in [2.05, 4.69) is 16.1 Å². The maximum Gasteiger partial charge on any atom is 0.337 e. The molecule has 1 aliphatic rings. The zero-order valence-electron chi connectivity index (χ0n) is 12.4. The van der Waals surface area contributed by atoms with E-state index in [0.29, 0.717) is 17.7 Å². The van der Waals surface area contributed by atoms with E-state index in [-0.39, 0.29) is 5.91 Å². The molecule has 0 heterocycles. The summed E-state index contributed by atoms with van der Waals surface area (Å²) < 4.78 is 4.62. The zero-order valence-corrected chi connectivity index (χ0v) is 12.4. The number of rotatable bonds is 5. The van der Waals surface area contributed by atoms with Gasteiger partial charge in [-0.2, -0.15) is 0 Å². The first kappa shape index (κ1) is 15.3. The Morgan fingerprint density at radius 1 is 1.14 bits per heavy atom. The van der Waals surface area contributed by atoms with Gasteiger partial charge in [0.1, 0.15) is 0 Å². The minimum Gasteiger partial charge on any atom is -0.465 e. The Bertz CT molecular complexity index is 531. The summed E-state index contributed by atoms with van der Waals surface area (Å²) in [5, 5.41) is 2.91. The van der Waals surface area contributed by atoms with Crippen LogP contribution < -0.4 is 5.32 Å². The van der Waals surface area contributed by atoms with Crippen LogP contribution in [0.1, 0.15) is 52.8 Å². The molecule has 0 atom stereocenters. The average Bonchev–Trinajstić information content (AvgIpc) is 2.55. The highest BCUT2D eigenvalue weighted by Crippen LogP contribution is 2.19. The van der Waals surface area contributed by atoms with Gasteiger partial charge in [0.15, 0.2) is 0 Å². The van der Waals surface area contributed by atoms with Crippen LogP contribution in [0.4, 0.5) is 0 Å². The maximum absolute atomic E-state index is 12.0. The quantitative estimate of drug-likeness (QED) is 0.669. The number of hydrogen-bond donors (Lipinski definition) is 1. The van der Waals surface area contributed by atoms with E-state index >= 15 is 0 Å². The van der Waals surface area contributed by atoms with Crippen molar-refractivity contribution in [1.29, 1.82) is 0 Å². The van der Waals surface area contributed by atoms with Gasteiger partial charge in [0, 0.05) is 12.1 Å². The molecule has 1 aliphatic carbocycles. The number of hydrogen-bond acceptors (Lipinski definition) is 3. The molecule has 1 N–H and O–H groups in total. The van der Waals surface area contributed by atoms with E-state index in [4.69, 9.17) is 0 Å². The summed E-state index contributed by atoms with van der Waals surface area (Å²) in [6.07, 6.45) is 8.08. The van der Waals surface area contributed by atoms with Crippen LogP contribution in [0.5, 0.6) is 0 Å². The van der Waals surface area contributed by atoms with Gasteiger partial charge in [0.2, 0.25) is 0 Å². The van der Waals surface area contributed by atoms with Gasteiger partial charge < -0.3 is 10.1 Å². The summed E-state index contributed by atoms with van der Waals surface area (Å²) in [6, 6.07) is 6.48. The van der Waals surface area contributed by atoms with Crippen molar-refractivity contribution in [2.75, 3.05) is 13.7 Å². The number of benzene rings is 1. The Labute approximate surface area is 125 Å². The highest BCUT2D eigenvalue weighted by molar-refractivity contribution is 5.96. The molecule has 1 amide bonds. The van der Waals surface area contributed by atoms with Gasteiger partial charge in [0.25, 0.3) is 5.91 Å². The molecular formula is C17H21NO3. The number of allylic oxidation sites excluding steroid dienone is 1. The molecule has 4 nitrogen and oxygen atoms in total. The van der Waals surface area contributed by atoms with Crippen molar-refractivity contribution >= 4 is 11.9 Å². The summed E-state index contributed by atoms with van der Waals surface area (Å²) in [4.78, 5) is 23.3. The number of esters is 1. The molecule has 0 unspecified atom stereocenters. The molecule has 0 saturated carbocycles. The predicted molar refractivity (Wildman–Crippen MR) is 81.3 cm³/mol. The highest BCUT2D eigenvalue weighted by atomic mass is 16.5. The van der Waals surface area contributed by atoms with Crippen molar-refractivity contribution in [3.8, 4) is 0 Å². The Morgan fingerprint density at radius 2 is 1.86 bits per heavy atom. The van der Waals surface area contributed by atoms with Crippen LogP contribution in [0.3, 0.4) is 0 Å². The van der Waals surface area contributed by atoms with Crippen molar-refractivity contribution in [1.82, 2.24) is 5.32 Å². The molecule has 2 rings (SSSR count). The first-order valence-corrected chi connectivity index (χ1v) is 7.35. The fourth-order valence-electron chi connectivity index (χ4n) is 2.45. The third-order valence-corrected chi connectivity index (χ3v) is 3.68. The number of carbonyl (C=O) groups excluding carboxylic acids is 2. The third kappa shape index (κ3) is 4.45. The Hall–Kier alpha value is -2.10. The largest absolute Gasteiger partial charge is 0.465 e. The van der Waals surface area contributed by atoms with Crippen LogP contribution in [-0.2, 0) is 4.74 Å². The number of amides is 1. The first-order valence-electron chi connectivity index (χ1n) is 7.35. The summed E-state index contributed by atoms with van der Waals surface area (Å²) in [7, 11) is 1.34. The third-order valence-electron chi connectivity index (χ3n) is 3.68. The summed E-state index contributed by atoms with van der Waals surface area (Å²) in [5.74, 6) is -0.506. The average molecular weight is 287 g/mol. The van der Waals surface area contributed by atoms with Crippen molar-refractivity contribution in [2.24, 2.45) is 0 Å². The van der Waals surface area contributed by atoms with Crippen molar-refractivity contribution in [3.63, 3.8) is 0 Å². The van der Waals surface area contributed by atoms with Gasteiger partial charge in [-0.25, -0.2) is 4.79 Å². The molecule has 0 saturated heterocycles. The van der Waals surface area contributed by atoms with Gasteiger partial charge in [-0.3, -0.25) is 4.79 Å². The van der Waals surface area contributed by atoms with Crippen LogP contribution in [0.2, 0.25) is 0 Å². The predicted octanol–water partition coefficient (Wildman–Crippen LogP) is 3.09. The van der Waals surface area contributed by atoms with E-state index in [9.17, 15) is 9.59 Å². The number of nitrogens with one attached hydrogen (secondary N) is 1. The summed E-state index contributed by atoms with van der Waals surface area (Å²) in [6.45, 7) is 0.656. The van der Waals surface area contributed by atoms with E-state index in [1.165, 1.54) is 25.5 Å². The van der Waals surface area contributed by atoms with E-state index in [0.717, 1.165) is 19.3 Å². The van der Waals surface area contributed by atoms with Gasteiger partial charge in [-0.05, 0) is 56.4 Å². The lowest BCUT2D eigenvalue weighted by Gasteiger charge is -2.13. The molecule has 0 bridgehead atoms. The SMILES string of the molecule is COC(=O)c1ccc(C(=O)NCCC2=CCCCC2)cc1. The summed E-state index contributed by atoms with van der Waals surface area (Å²) >= 11 is 0. The van der Waals surface area contributed by atoms with Crippen molar-refractivity contribution in [3.05, 3.63) is 47.0 Å². The molecular weight excluding hydrogens is 266 g/mol. The van der Waals surface area contributed by atoms with Gasteiger partial charge in [-0.15, -0.1) is 0 Å². The summed E-state index contributed by atoms with van der Waals surface area (Å²) in [5.41, 5.74) is 2.45. The van der Waals surface area contributed by atoms with Crippen LogP contribution in [0.15, 0.2) is 35.9 Å². The van der Waals surface area contributed by atoms with E-state index in [1.54, 1.807) is 24.3 Å². The minimum atomic E-state index is -0.397. The lowest BCUT2D eigenvalue weighted by Crippen LogP contribution is -2.24. The molecule has 0 radical (unpaired) electrons. The Balaban J connectivity index is 1.82. The highest BCUT2D eigenvalue weighted by Gasteiger charge is 2.09. The van der Waals surface area contributed by atoms with Gasteiger partial charge in [-0.1, -0.05) is 11.6 Å². The zero-order chi connectivity index (χ0) is 15.1. The normalized spacial score (nSPS) is 14.2.